The number of hydrogen-bond donors (Lipinski definition) is 2. The molecule has 6 nitrogen and oxygen atoms in total. The van der Waals surface area contributed by atoms with Gasteiger partial charge in [0.25, 0.3) is 5.91 Å². The van der Waals surface area contributed by atoms with E-state index in [1.165, 1.54) is 0 Å². The van der Waals surface area contributed by atoms with Gasteiger partial charge in [-0.1, -0.05) is 18.5 Å². The van der Waals surface area contributed by atoms with E-state index in [4.69, 9.17) is 11.6 Å². The average molecular weight is 382 g/mol. The van der Waals surface area contributed by atoms with Gasteiger partial charge < -0.3 is 10.2 Å². The fourth-order valence-corrected chi connectivity index (χ4v) is 3.43. The van der Waals surface area contributed by atoms with Crippen LogP contribution in [-0.2, 0) is 0 Å². The molecular formula is C20H20ClN5O. The van der Waals surface area contributed by atoms with Crippen molar-refractivity contribution in [1.82, 2.24) is 15.2 Å². The van der Waals surface area contributed by atoms with Crippen molar-refractivity contribution >= 4 is 29.0 Å². The monoisotopic (exact) mass is 381 g/mol. The smallest absolute Gasteiger partial charge is 0.257 e. The molecule has 0 radical (unpaired) electrons. The lowest BCUT2D eigenvalue weighted by atomic mass is 10.1. The minimum absolute atomic E-state index is 0.216. The van der Waals surface area contributed by atoms with Gasteiger partial charge in [-0.3, -0.25) is 9.89 Å². The van der Waals surface area contributed by atoms with Crippen LogP contribution < -0.4 is 10.2 Å². The Kier molecular flexibility index (Phi) is 4.81. The van der Waals surface area contributed by atoms with Crippen LogP contribution >= 0.6 is 11.6 Å². The van der Waals surface area contributed by atoms with E-state index in [0.29, 0.717) is 22.2 Å². The van der Waals surface area contributed by atoms with E-state index in [0.717, 1.165) is 36.6 Å². The van der Waals surface area contributed by atoms with Gasteiger partial charge in [0.05, 0.1) is 11.3 Å². The molecule has 1 fully saturated rings. The number of anilines is 2. The SMILES string of the molecule is C[C@@H]1CCN(c2ncc(C(=O)Nc3ccc(Cl)cc3)cc2-c2ccn[nH]2)C1. The van der Waals surface area contributed by atoms with Crippen LogP contribution in [0.25, 0.3) is 11.3 Å². The van der Waals surface area contributed by atoms with Gasteiger partial charge in [-0.2, -0.15) is 5.10 Å². The number of amides is 1. The third kappa shape index (κ3) is 3.80. The van der Waals surface area contributed by atoms with Crippen LogP contribution in [-0.4, -0.2) is 34.2 Å². The number of halogens is 1. The van der Waals surface area contributed by atoms with Crippen LogP contribution in [0.3, 0.4) is 0 Å². The zero-order chi connectivity index (χ0) is 18.8. The van der Waals surface area contributed by atoms with E-state index in [9.17, 15) is 4.79 Å². The summed E-state index contributed by atoms with van der Waals surface area (Å²) in [7, 11) is 0. The van der Waals surface area contributed by atoms with Crippen molar-refractivity contribution in [2.75, 3.05) is 23.3 Å². The molecular weight excluding hydrogens is 362 g/mol. The highest BCUT2D eigenvalue weighted by molar-refractivity contribution is 6.30. The highest BCUT2D eigenvalue weighted by Gasteiger charge is 2.24. The maximum absolute atomic E-state index is 12.7. The van der Waals surface area contributed by atoms with Crippen molar-refractivity contribution in [3.63, 3.8) is 0 Å². The van der Waals surface area contributed by atoms with Crippen LogP contribution in [0.1, 0.15) is 23.7 Å². The van der Waals surface area contributed by atoms with Crippen LogP contribution in [0.2, 0.25) is 5.02 Å². The zero-order valence-electron chi connectivity index (χ0n) is 14.9. The number of rotatable bonds is 4. The molecule has 0 aliphatic carbocycles. The molecule has 0 unspecified atom stereocenters. The first-order chi connectivity index (χ1) is 13.1. The summed E-state index contributed by atoms with van der Waals surface area (Å²) < 4.78 is 0. The molecule has 1 atom stereocenters. The van der Waals surface area contributed by atoms with Gasteiger partial charge in [-0.25, -0.2) is 4.98 Å². The maximum Gasteiger partial charge on any atom is 0.257 e. The zero-order valence-corrected chi connectivity index (χ0v) is 15.7. The molecule has 1 aromatic carbocycles. The number of carbonyl (C=O) groups excluding carboxylic acids is 1. The van der Waals surface area contributed by atoms with Gasteiger partial charge in [0, 0.05) is 41.8 Å². The Bertz CT molecular complexity index is 940. The molecule has 1 saturated heterocycles. The Hall–Kier alpha value is -2.86. The molecule has 1 aliphatic rings. The number of hydrogen-bond acceptors (Lipinski definition) is 4. The molecule has 1 amide bonds. The van der Waals surface area contributed by atoms with Gasteiger partial charge in [-0.15, -0.1) is 0 Å². The van der Waals surface area contributed by atoms with Gasteiger partial charge in [0.15, 0.2) is 0 Å². The number of nitrogens with one attached hydrogen (secondary N) is 2. The Balaban J connectivity index is 1.65. The number of carbonyl (C=O) groups is 1. The molecule has 4 rings (SSSR count). The van der Waals surface area contributed by atoms with E-state index in [-0.39, 0.29) is 5.91 Å². The number of aromatic amines is 1. The van der Waals surface area contributed by atoms with Crippen molar-refractivity contribution in [2.45, 2.75) is 13.3 Å². The Morgan fingerprint density at radius 3 is 2.78 bits per heavy atom. The molecule has 7 heteroatoms. The number of aromatic nitrogens is 3. The second-order valence-corrected chi connectivity index (χ2v) is 7.30. The second kappa shape index (κ2) is 7.40. The fraction of sp³-hybridized carbons (Fsp3) is 0.250. The molecule has 3 heterocycles. The van der Waals surface area contributed by atoms with Gasteiger partial charge in [-0.05, 0) is 48.7 Å². The summed E-state index contributed by atoms with van der Waals surface area (Å²) in [5.74, 6) is 1.30. The number of nitrogens with zero attached hydrogens (tertiary/aromatic N) is 3. The molecule has 2 N–H and O–H groups in total. The van der Waals surface area contributed by atoms with E-state index in [2.05, 4.69) is 32.3 Å². The minimum atomic E-state index is -0.216. The lowest BCUT2D eigenvalue weighted by Crippen LogP contribution is -2.22. The molecule has 2 aromatic heterocycles. The lowest BCUT2D eigenvalue weighted by Gasteiger charge is -2.20. The maximum atomic E-state index is 12.7. The quantitative estimate of drug-likeness (QED) is 0.709. The molecule has 0 bridgehead atoms. The largest absolute Gasteiger partial charge is 0.356 e. The van der Waals surface area contributed by atoms with Gasteiger partial charge >= 0.3 is 0 Å². The highest BCUT2D eigenvalue weighted by atomic mass is 35.5. The summed E-state index contributed by atoms with van der Waals surface area (Å²) in [5.41, 5.74) is 2.90. The fourth-order valence-electron chi connectivity index (χ4n) is 3.30. The third-order valence-electron chi connectivity index (χ3n) is 4.75. The van der Waals surface area contributed by atoms with Crippen molar-refractivity contribution in [2.24, 2.45) is 5.92 Å². The molecule has 1 aliphatic heterocycles. The molecule has 3 aromatic rings. The second-order valence-electron chi connectivity index (χ2n) is 6.87. The highest BCUT2D eigenvalue weighted by Crippen LogP contribution is 2.32. The number of benzene rings is 1. The summed E-state index contributed by atoms with van der Waals surface area (Å²) in [6.07, 6.45) is 4.47. The average Bonchev–Trinajstić information content (AvgIpc) is 3.35. The normalized spacial score (nSPS) is 16.5. The predicted molar refractivity (Wildman–Crippen MR) is 107 cm³/mol. The Morgan fingerprint density at radius 2 is 2.11 bits per heavy atom. The van der Waals surface area contributed by atoms with Crippen molar-refractivity contribution in [3.05, 3.63) is 59.4 Å². The van der Waals surface area contributed by atoms with Crippen molar-refractivity contribution < 1.29 is 4.79 Å². The summed E-state index contributed by atoms with van der Waals surface area (Å²) in [4.78, 5) is 19.6. The van der Waals surface area contributed by atoms with Gasteiger partial charge in [0.2, 0.25) is 0 Å². The molecule has 138 valence electrons. The summed E-state index contributed by atoms with van der Waals surface area (Å²) in [6.45, 7) is 4.17. The van der Waals surface area contributed by atoms with E-state index < -0.39 is 0 Å². The molecule has 0 spiro atoms. The first-order valence-corrected chi connectivity index (χ1v) is 9.29. The topological polar surface area (TPSA) is 73.9 Å². The Morgan fingerprint density at radius 1 is 1.30 bits per heavy atom. The molecule has 27 heavy (non-hydrogen) atoms. The number of pyridine rings is 1. The van der Waals surface area contributed by atoms with Gasteiger partial charge in [0.1, 0.15) is 5.82 Å². The summed E-state index contributed by atoms with van der Waals surface area (Å²) in [6, 6.07) is 10.8. The first kappa shape index (κ1) is 17.5. The first-order valence-electron chi connectivity index (χ1n) is 8.92. The van der Waals surface area contributed by atoms with Crippen LogP contribution in [0, 0.1) is 5.92 Å². The lowest BCUT2D eigenvalue weighted by molar-refractivity contribution is 0.102. The standard InChI is InChI=1S/C20H20ClN5O/c1-13-7-9-26(12-13)19-17(18-6-8-23-25-18)10-14(11-22-19)20(27)24-16-4-2-15(21)3-5-16/h2-6,8,10-11,13H,7,9,12H2,1H3,(H,23,25)(H,24,27)/t13-/m1/s1. The summed E-state index contributed by atoms with van der Waals surface area (Å²) in [5, 5.41) is 10.5. The Labute approximate surface area is 162 Å². The van der Waals surface area contributed by atoms with Crippen molar-refractivity contribution in [1.29, 1.82) is 0 Å². The minimum Gasteiger partial charge on any atom is -0.356 e. The van der Waals surface area contributed by atoms with E-state index in [1.807, 2.05) is 12.1 Å². The number of H-pyrrole nitrogens is 1. The summed E-state index contributed by atoms with van der Waals surface area (Å²) >= 11 is 5.90. The van der Waals surface area contributed by atoms with E-state index >= 15 is 0 Å². The van der Waals surface area contributed by atoms with Crippen LogP contribution in [0.5, 0.6) is 0 Å². The van der Waals surface area contributed by atoms with E-state index in [1.54, 1.807) is 36.7 Å². The van der Waals surface area contributed by atoms with Crippen LogP contribution in [0.15, 0.2) is 48.8 Å². The van der Waals surface area contributed by atoms with Crippen LogP contribution in [0.4, 0.5) is 11.5 Å². The third-order valence-corrected chi connectivity index (χ3v) is 5.00. The van der Waals surface area contributed by atoms with Crippen molar-refractivity contribution in [3.8, 4) is 11.3 Å². The molecule has 0 saturated carbocycles. The predicted octanol–water partition coefficient (Wildman–Crippen LogP) is 4.22.